The van der Waals surface area contributed by atoms with Crippen LogP contribution < -0.4 is 0 Å². The SMILES string of the molecule is CCC1c2ccccc2C(C)=C(C)N1P. The molecule has 2 atom stereocenters. The van der Waals surface area contributed by atoms with E-state index in [0.717, 1.165) is 6.42 Å². The van der Waals surface area contributed by atoms with Crippen molar-refractivity contribution in [3.8, 4) is 0 Å². The Hall–Kier alpha value is -0.810. The first kappa shape index (κ1) is 10.7. The number of hydrogen-bond acceptors (Lipinski definition) is 1. The highest BCUT2D eigenvalue weighted by atomic mass is 31.0. The molecule has 2 heteroatoms. The maximum Gasteiger partial charge on any atom is 0.0573 e. The second-order valence-electron chi connectivity index (χ2n) is 4.13. The molecule has 1 aliphatic heterocycles. The van der Waals surface area contributed by atoms with Crippen LogP contribution in [-0.4, -0.2) is 4.67 Å². The number of rotatable bonds is 1. The molecule has 0 aromatic heterocycles. The topological polar surface area (TPSA) is 3.24 Å². The monoisotopic (exact) mass is 219 g/mol. The van der Waals surface area contributed by atoms with Gasteiger partial charge in [-0.2, -0.15) is 0 Å². The summed E-state index contributed by atoms with van der Waals surface area (Å²) in [5, 5.41) is 0. The lowest BCUT2D eigenvalue weighted by molar-refractivity contribution is 0.408. The van der Waals surface area contributed by atoms with Gasteiger partial charge in [0, 0.05) is 5.70 Å². The van der Waals surface area contributed by atoms with Crippen LogP contribution in [0.5, 0.6) is 0 Å². The summed E-state index contributed by atoms with van der Waals surface area (Å²) in [6, 6.07) is 9.25. The summed E-state index contributed by atoms with van der Waals surface area (Å²) >= 11 is 0. The lowest BCUT2D eigenvalue weighted by atomic mass is 9.89. The Morgan fingerprint density at radius 2 is 1.93 bits per heavy atom. The Labute approximate surface area is 94.4 Å². The van der Waals surface area contributed by atoms with Crippen molar-refractivity contribution in [1.29, 1.82) is 0 Å². The van der Waals surface area contributed by atoms with Gasteiger partial charge in [0.25, 0.3) is 0 Å². The van der Waals surface area contributed by atoms with E-state index < -0.39 is 0 Å². The molecule has 0 bridgehead atoms. The molecule has 0 N–H and O–H groups in total. The summed E-state index contributed by atoms with van der Waals surface area (Å²) in [4.78, 5) is 0. The largest absolute Gasteiger partial charge is 0.352 e. The van der Waals surface area contributed by atoms with E-state index in [1.807, 2.05) is 0 Å². The Kier molecular flexibility index (Phi) is 2.84. The first-order valence-corrected chi connectivity index (χ1v) is 5.99. The Morgan fingerprint density at radius 1 is 1.27 bits per heavy atom. The third kappa shape index (κ3) is 1.59. The van der Waals surface area contributed by atoms with E-state index in [0.29, 0.717) is 6.04 Å². The van der Waals surface area contributed by atoms with Gasteiger partial charge in [-0.25, -0.2) is 0 Å². The van der Waals surface area contributed by atoms with Crippen LogP contribution >= 0.6 is 9.39 Å². The number of hydrogen-bond donors (Lipinski definition) is 0. The zero-order chi connectivity index (χ0) is 11.0. The highest BCUT2D eigenvalue weighted by Gasteiger charge is 2.25. The Balaban J connectivity index is 2.62. The van der Waals surface area contributed by atoms with E-state index in [2.05, 4.69) is 59.1 Å². The fourth-order valence-corrected chi connectivity index (χ4v) is 2.88. The van der Waals surface area contributed by atoms with Gasteiger partial charge in [-0.05, 0) is 46.4 Å². The average molecular weight is 219 g/mol. The van der Waals surface area contributed by atoms with Gasteiger partial charge in [0.05, 0.1) is 6.04 Å². The van der Waals surface area contributed by atoms with Gasteiger partial charge in [0.1, 0.15) is 0 Å². The second-order valence-corrected chi connectivity index (χ2v) is 4.69. The van der Waals surface area contributed by atoms with E-state index in [1.54, 1.807) is 0 Å². The molecule has 0 radical (unpaired) electrons. The van der Waals surface area contributed by atoms with Gasteiger partial charge >= 0.3 is 0 Å². The molecule has 0 spiro atoms. The van der Waals surface area contributed by atoms with E-state index in [9.17, 15) is 0 Å². The van der Waals surface area contributed by atoms with Crippen molar-refractivity contribution >= 4 is 15.0 Å². The summed E-state index contributed by atoms with van der Waals surface area (Å²) in [7, 11) is 2.85. The summed E-state index contributed by atoms with van der Waals surface area (Å²) in [6.45, 7) is 6.64. The normalized spacial score (nSPS) is 20.5. The van der Waals surface area contributed by atoms with Crippen molar-refractivity contribution < 1.29 is 0 Å². The van der Waals surface area contributed by atoms with Crippen molar-refractivity contribution in [2.45, 2.75) is 33.2 Å². The minimum Gasteiger partial charge on any atom is -0.352 e. The fraction of sp³-hybridized carbons (Fsp3) is 0.385. The number of fused-ring (bicyclic) bond motifs is 1. The Bertz CT molecular complexity index is 409. The van der Waals surface area contributed by atoms with Gasteiger partial charge in [-0.15, -0.1) is 0 Å². The third-order valence-corrected chi connectivity index (χ3v) is 4.12. The molecule has 1 aliphatic rings. The first-order chi connectivity index (χ1) is 7.16. The lowest BCUT2D eigenvalue weighted by Gasteiger charge is -2.37. The smallest absolute Gasteiger partial charge is 0.0573 e. The molecule has 1 aromatic carbocycles. The highest BCUT2D eigenvalue weighted by Crippen LogP contribution is 2.41. The Morgan fingerprint density at radius 3 is 2.60 bits per heavy atom. The predicted molar refractivity (Wildman–Crippen MR) is 69.3 cm³/mol. The number of benzene rings is 1. The first-order valence-electron chi connectivity index (χ1n) is 5.47. The van der Waals surface area contributed by atoms with E-state index >= 15 is 0 Å². The van der Waals surface area contributed by atoms with Crippen LogP contribution in [0.15, 0.2) is 30.0 Å². The summed E-state index contributed by atoms with van der Waals surface area (Å²) in [5.41, 5.74) is 5.63. The molecular weight excluding hydrogens is 201 g/mol. The van der Waals surface area contributed by atoms with E-state index in [-0.39, 0.29) is 0 Å². The average Bonchev–Trinajstić information content (AvgIpc) is 2.27. The second kappa shape index (κ2) is 3.98. The quantitative estimate of drug-likeness (QED) is 0.645. The molecule has 2 rings (SSSR count). The van der Waals surface area contributed by atoms with Crippen molar-refractivity contribution in [1.82, 2.24) is 4.67 Å². The van der Waals surface area contributed by atoms with Gasteiger partial charge in [0.15, 0.2) is 0 Å². The minimum atomic E-state index is 0.509. The van der Waals surface area contributed by atoms with Gasteiger partial charge in [-0.3, -0.25) is 0 Å². The van der Waals surface area contributed by atoms with Crippen LogP contribution in [0.25, 0.3) is 5.57 Å². The van der Waals surface area contributed by atoms with Crippen LogP contribution in [0.2, 0.25) is 0 Å². The summed E-state index contributed by atoms with van der Waals surface area (Å²) in [6.07, 6.45) is 1.14. The summed E-state index contributed by atoms with van der Waals surface area (Å²) in [5.74, 6) is 0. The zero-order valence-electron chi connectivity index (χ0n) is 9.62. The molecule has 2 unspecified atom stereocenters. The molecule has 0 saturated heterocycles. The lowest BCUT2D eigenvalue weighted by Crippen LogP contribution is -2.22. The van der Waals surface area contributed by atoms with Crippen molar-refractivity contribution in [3.05, 3.63) is 41.1 Å². The van der Waals surface area contributed by atoms with Crippen molar-refractivity contribution in [2.24, 2.45) is 0 Å². The van der Waals surface area contributed by atoms with E-state index in [4.69, 9.17) is 0 Å². The van der Waals surface area contributed by atoms with Crippen LogP contribution in [0.1, 0.15) is 44.4 Å². The molecule has 0 amide bonds. The van der Waals surface area contributed by atoms with Gasteiger partial charge in [0.2, 0.25) is 0 Å². The standard InChI is InChI=1S/C13H18NP/c1-4-13-12-8-6-5-7-11(12)9(2)10(3)14(13)15/h5-8,13H,4,15H2,1-3H3. The number of allylic oxidation sites excluding steroid dienone is 2. The van der Waals surface area contributed by atoms with Crippen LogP contribution in [0.3, 0.4) is 0 Å². The van der Waals surface area contributed by atoms with E-state index in [1.165, 1.54) is 22.4 Å². The molecule has 15 heavy (non-hydrogen) atoms. The maximum absolute atomic E-state index is 2.85. The highest BCUT2D eigenvalue weighted by molar-refractivity contribution is 7.13. The molecule has 0 saturated carbocycles. The molecule has 1 nitrogen and oxygen atoms in total. The molecule has 0 fully saturated rings. The molecule has 1 aromatic rings. The molecule has 1 heterocycles. The molecule has 80 valence electrons. The zero-order valence-corrected chi connectivity index (χ0v) is 10.8. The van der Waals surface area contributed by atoms with Crippen LogP contribution in [-0.2, 0) is 0 Å². The van der Waals surface area contributed by atoms with Crippen molar-refractivity contribution in [2.75, 3.05) is 0 Å². The molecule has 0 aliphatic carbocycles. The third-order valence-electron chi connectivity index (χ3n) is 3.38. The molecular formula is C13H18NP. The number of nitrogens with zero attached hydrogens (tertiary/aromatic N) is 1. The van der Waals surface area contributed by atoms with Crippen molar-refractivity contribution in [3.63, 3.8) is 0 Å². The van der Waals surface area contributed by atoms with Gasteiger partial charge < -0.3 is 4.67 Å². The minimum absolute atomic E-state index is 0.509. The van der Waals surface area contributed by atoms with Gasteiger partial charge in [-0.1, -0.05) is 31.2 Å². The fourth-order valence-electron chi connectivity index (χ4n) is 2.32. The van der Waals surface area contributed by atoms with Crippen LogP contribution in [0.4, 0.5) is 0 Å². The maximum atomic E-state index is 2.85. The summed E-state index contributed by atoms with van der Waals surface area (Å²) < 4.78 is 2.32. The van der Waals surface area contributed by atoms with Crippen LogP contribution in [0, 0.1) is 0 Å². The predicted octanol–water partition coefficient (Wildman–Crippen LogP) is 3.99.